The average Bonchev–Trinajstić information content (AvgIpc) is 2.33. The van der Waals surface area contributed by atoms with Gasteiger partial charge in [0.1, 0.15) is 5.75 Å². The molecule has 0 aliphatic carbocycles. The zero-order chi connectivity index (χ0) is 11.4. The van der Waals surface area contributed by atoms with Crippen LogP contribution < -0.4 is 10.1 Å². The minimum Gasteiger partial charge on any atom is -0.497 e. The molecule has 0 saturated carbocycles. The third kappa shape index (κ3) is 2.28. The van der Waals surface area contributed by atoms with E-state index in [0.29, 0.717) is 5.95 Å². The number of hydrogen-bond acceptors (Lipinski definition) is 4. The number of nitrogens with zero attached hydrogens (tertiary/aromatic N) is 2. The molecule has 0 saturated heterocycles. The van der Waals surface area contributed by atoms with Gasteiger partial charge in [-0.3, -0.25) is 0 Å². The zero-order valence-corrected chi connectivity index (χ0v) is 9.27. The first-order chi connectivity index (χ1) is 7.79. The number of benzene rings is 1. The van der Waals surface area contributed by atoms with Crippen LogP contribution in [0, 0.1) is 6.92 Å². The van der Waals surface area contributed by atoms with Crippen molar-refractivity contribution < 1.29 is 4.74 Å². The monoisotopic (exact) mass is 215 g/mol. The van der Waals surface area contributed by atoms with Gasteiger partial charge in [-0.2, -0.15) is 0 Å². The maximum absolute atomic E-state index is 5.14. The first kappa shape index (κ1) is 10.4. The van der Waals surface area contributed by atoms with Crippen LogP contribution in [0.3, 0.4) is 0 Å². The fourth-order valence-corrected chi connectivity index (χ4v) is 1.39. The normalized spacial score (nSPS) is 9.88. The van der Waals surface area contributed by atoms with Gasteiger partial charge in [-0.05, 0) is 36.8 Å². The highest BCUT2D eigenvalue weighted by Gasteiger charge is 2.01. The van der Waals surface area contributed by atoms with Gasteiger partial charge in [0.15, 0.2) is 0 Å². The SMILES string of the molecule is COc1ccc(Nc2ncccn2)c(C)c1. The Labute approximate surface area is 94.3 Å². The number of aromatic nitrogens is 2. The highest BCUT2D eigenvalue weighted by molar-refractivity contribution is 5.59. The molecule has 2 aromatic rings. The lowest BCUT2D eigenvalue weighted by molar-refractivity contribution is 0.414. The van der Waals surface area contributed by atoms with E-state index in [4.69, 9.17) is 4.74 Å². The van der Waals surface area contributed by atoms with Crippen molar-refractivity contribution in [2.75, 3.05) is 12.4 Å². The van der Waals surface area contributed by atoms with E-state index in [2.05, 4.69) is 15.3 Å². The second-order valence-electron chi connectivity index (χ2n) is 3.38. The molecule has 0 fully saturated rings. The van der Waals surface area contributed by atoms with Gasteiger partial charge in [-0.1, -0.05) is 0 Å². The summed E-state index contributed by atoms with van der Waals surface area (Å²) in [6.07, 6.45) is 3.41. The summed E-state index contributed by atoms with van der Waals surface area (Å²) in [6, 6.07) is 7.60. The number of nitrogens with one attached hydrogen (secondary N) is 1. The fraction of sp³-hybridized carbons (Fsp3) is 0.167. The van der Waals surface area contributed by atoms with Gasteiger partial charge in [0.25, 0.3) is 0 Å². The number of anilines is 2. The molecular weight excluding hydrogens is 202 g/mol. The Balaban J connectivity index is 2.22. The van der Waals surface area contributed by atoms with Crippen LogP contribution in [0.1, 0.15) is 5.56 Å². The third-order valence-electron chi connectivity index (χ3n) is 2.25. The van der Waals surface area contributed by atoms with Crippen LogP contribution in [-0.2, 0) is 0 Å². The third-order valence-corrected chi connectivity index (χ3v) is 2.25. The molecule has 1 heterocycles. The van der Waals surface area contributed by atoms with Crippen molar-refractivity contribution in [1.82, 2.24) is 9.97 Å². The van der Waals surface area contributed by atoms with Crippen LogP contribution in [0.4, 0.5) is 11.6 Å². The number of aryl methyl sites for hydroxylation is 1. The van der Waals surface area contributed by atoms with Gasteiger partial charge in [-0.15, -0.1) is 0 Å². The minimum atomic E-state index is 0.593. The highest BCUT2D eigenvalue weighted by atomic mass is 16.5. The molecule has 0 aliphatic heterocycles. The molecule has 0 amide bonds. The van der Waals surface area contributed by atoms with Crippen molar-refractivity contribution in [3.63, 3.8) is 0 Å². The molecule has 1 aromatic heterocycles. The van der Waals surface area contributed by atoms with Gasteiger partial charge in [0.05, 0.1) is 7.11 Å². The molecule has 0 spiro atoms. The van der Waals surface area contributed by atoms with E-state index in [-0.39, 0.29) is 0 Å². The molecule has 0 aliphatic rings. The van der Waals surface area contributed by atoms with E-state index < -0.39 is 0 Å². The molecule has 82 valence electrons. The van der Waals surface area contributed by atoms with Gasteiger partial charge < -0.3 is 10.1 Å². The Kier molecular flexibility index (Phi) is 3.00. The van der Waals surface area contributed by atoms with Crippen molar-refractivity contribution in [3.8, 4) is 5.75 Å². The van der Waals surface area contributed by atoms with Crippen molar-refractivity contribution in [2.45, 2.75) is 6.92 Å². The molecule has 0 atom stereocenters. The summed E-state index contributed by atoms with van der Waals surface area (Å²) in [7, 11) is 1.65. The van der Waals surface area contributed by atoms with Gasteiger partial charge in [0.2, 0.25) is 5.95 Å². The summed E-state index contributed by atoms with van der Waals surface area (Å²) in [6.45, 7) is 2.01. The standard InChI is InChI=1S/C12H13N3O/c1-9-8-10(16-2)4-5-11(9)15-12-13-6-3-7-14-12/h3-8H,1-2H3,(H,13,14,15). The molecule has 4 nitrogen and oxygen atoms in total. The van der Waals surface area contributed by atoms with Crippen LogP contribution in [0.2, 0.25) is 0 Å². The minimum absolute atomic E-state index is 0.593. The Bertz CT molecular complexity index is 471. The molecule has 0 bridgehead atoms. The van der Waals surface area contributed by atoms with Crippen molar-refractivity contribution in [2.24, 2.45) is 0 Å². The molecular formula is C12H13N3O. The predicted octanol–water partition coefficient (Wildman–Crippen LogP) is 2.54. The lowest BCUT2D eigenvalue weighted by atomic mass is 10.2. The van der Waals surface area contributed by atoms with E-state index in [9.17, 15) is 0 Å². The lowest BCUT2D eigenvalue weighted by Gasteiger charge is -2.09. The Morgan fingerprint density at radius 2 is 1.94 bits per heavy atom. The maximum atomic E-state index is 5.14. The number of methoxy groups -OCH3 is 1. The van der Waals surface area contributed by atoms with Gasteiger partial charge in [-0.25, -0.2) is 9.97 Å². The maximum Gasteiger partial charge on any atom is 0.227 e. The molecule has 2 rings (SSSR count). The van der Waals surface area contributed by atoms with Crippen LogP contribution in [0.25, 0.3) is 0 Å². The van der Waals surface area contributed by atoms with E-state index >= 15 is 0 Å². The van der Waals surface area contributed by atoms with E-state index in [1.165, 1.54) is 0 Å². The Morgan fingerprint density at radius 1 is 1.19 bits per heavy atom. The molecule has 0 unspecified atom stereocenters. The second-order valence-corrected chi connectivity index (χ2v) is 3.38. The fourth-order valence-electron chi connectivity index (χ4n) is 1.39. The Hall–Kier alpha value is -2.10. The predicted molar refractivity (Wildman–Crippen MR) is 63.0 cm³/mol. The zero-order valence-electron chi connectivity index (χ0n) is 9.27. The summed E-state index contributed by atoms with van der Waals surface area (Å²) in [5.41, 5.74) is 2.07. The first-order valence-electron chi connectivity index (χ1n) is 4.98. The van der Waals surface area contributed by atoms with Crippen LogP contribution in [0.15, 0.2) is 36.7 Å². The summed E-state index contributed by atoms with van der Waals surface area (Å²) < 4.78 is 5.14. The molecule has 1 aromatic carbocycles. The molecule has 16 heavy (non-hydrogen) atoms. The number of ether oxygens (including phenoxy) is 1. The summed E-state index contributed by atoms with van der Waals surface area (Å²) >= 11 is 0. The second kappa shape index (κ2) is 4.61. The first-order valence-corrected chi connectivity index (χ1v) is 4.98. The lowest BCUT2D eigenvalue weighted by Crippen LogP contribution is -1.97. The summed E-state index contributed by atoms with van der Waals surface area (Å²) in [5, 5.41) is 3.15. The van der Waals surface area contributed by atoms with Crippen molar-refractivity contribution >= 4 is 11.6 Å². The molecule has 0 radical (unpaired) electrons. The Morgan fingerprint density at radius 3 is 2.56 bits per heavy atom. The van der Waals surface area contributed by atoms with Gasteiger partial charge >= 0.3 is 0 Å². The molecule has 4 heteroatoms. The van der Waals surface area contributed by atoms with Crippen molar-refractivity contribution in [3.05, 3.63) is 42.2 Å². The van der Waals surface area contributed by atoms with Crippen LogP contribution in [0.5, 0.6) is 5.75 Å². The summed E-state index contributed by atoms with van der Waals surface area (Å²) in [5.74, 6) is 1.44. The van der Waals surface area contributed by atoms with Gasteiger partial charge in [0, 0.05) is 18.1 Å². The topological polar surface area (TPSA) is 47.0 Å². The van der Waals surface area contributed by atoms with E-state index in [1.807, 2.05) is 25.1 Å². The van der Waals surface area contributed by atoms with Crippen LogP contribution >= 0.6 is 0 Å². The number of rotatable bonds is 3. The van der Waals surface area contributed by atoms with Crippen molar-refractivity contribution in [1.29, 1.82) is 0 Å². The number of hydrogen-bond donors (Lipinski definition) is 1. The average molecular weight is 215 g/mol. The smallest absolute Gasteiger partial charge is 0.227 e. The largest absolute Gasteiger partial charge is 0.497 e. The van der Waals surface area contributed by atoms with E-state index in [0.717, 1.165) is 17.0 Å². The molecule has 1 N–H and O–H groups in total. The summed E-state index contributed by atoms with van der Waals surface area (Å²) in [4.78, 5) is 8.21. The highest BCUT2D eigenvalue weighted by Crippen LogP contribution is 2.22. The quantitative estimate of drug-likeness (QED) is 0.854. The van der Waals surface area contributed by atoms with Crippen LogP contribution in [-0.4, -0.2) is 17.1 Å². The van der Waals surface area contributed by atoms with E-state index in [1.54, 1.807) is 25.6 Å².